The van der Waals surface area contributed by atoms with Crippen molar-refractivity contribution in [3.8, 4) is 0 Å². The zero-order chi connectivity index (χ0) is 18.1. The highest BCUT2D eigenvalue weighted by molar-refractivity contribution is 7.12. The Morgan fingerprint density at radius 1 is 1.19 bits per heavy atom. The maximum Gasteiger partial charge on any atom is 0.218 e. The fourth-order valence-corrected chi connectivity index (χ4v) is 5.88. The van der Waals surface area contributed by atoms with E-state index in [1.54, 1.807) is 0 Å². The Hall–Kier alpha value is -2.28. The molecule has 27 heavy (non-hydrogen) atoms. The number of carbonyl (C=O) groups is 2. The lowest BCUT2D eigenvalue weighted by atomic mass is 9.76. The van der Waals surface area contributed by atoms with Crippen molar-refractivity contribution in [2.24, 2.45) is 11.8 Å². The van der Waals surface area contributed by atoms with Gasteiger partial charge in [-0.1, -0.05) is 30.3 Å². The van der Waals surface area contributed by atoms with E-state index in [2.05, 4.69) is 17.0 Å². The summed E-state index contributed by atoms with van der Waals surface area (Å²) in [5.74, 6) is -0.466. The molecule has 0 aliphatic carbocycles. The second-order valence-electron chi connectivity index (χ2n) is 7.47. The van der Waals surface area contributed by atoms with Crippen LogP contribution >= 0.6 is 11.3 Å². The molecule has 1 aromatic carbocycles. The number of rotatable bonds is 2. The highest BCUT2D eigenvalue weighted by atomic mass is 32.1. The van der Waals surface area contributed by atoms with Gasteiger partial charge in [-0.25, -0.2) is 0 Å². The maximum absolute atomic E-state index is 13.4. The van der Waals surface area contributed by atoms with Crippen molar-refractivity contribution < 1.29 is 19.1 Å². The average molecular weight is 379 g/mol. The molecule has 6 rings (SSSR count). The Morgan fingerprint density at radius 3 is 2.93 bits per heavy atom. The van der Waals surface area contributed by atoms with Gasteiger partial charge < -0.3 is 14.4 Å². The molecule has 0 spiro atoms. The number of thiophene rings is 1. The van der Waals surface area contributed by atoms with E-state index in [1.807, 2.05) is 41.9 Å². The molecule has 4 aliphatic rings. The largest absolute Gasteiger partial charge is 0.359 e. The van der Waals surface area contributed by atoms with Crippen LogP contribution in [0.15, 0.2) is 48.0 Å². The molecule has 5 heterocycles. The van der Waals surface area contributed by atoms with Crippen molar-refractivity contribution in [3.05, 3.63) is 64.0 Å². The van der Waals surface area contributed by atoms with E-state index in [4.69, 9.17) is 9.47 Å². The van der Waals surface area contributed by atoms with Gasteiger partial charge in [0.25, 0.3) is 0 Å². The highest BCUT2D eigenvalue weighted by Crippen LogP contribution is 2.54. The fourth-order valence-electron chi connectivity index (χ4n) is 5.18. The average Bonchev–Trinajstić information content (AvgIpc) is 3.43. The van der Waals surface area contributed by atoms with Gasteiger partial charge >= 0.3 is 0 Å². The second-order valence-corrected chi connectivity index (χ2v) is 8.42. The SMILES string of the molecule is O=C1[C@@H]2OC[C@H](O2)[C@@H]2[C@@H]1[C@@H]1c3ccccc3C=CN1[C@H]2C(=O)c1cccs1. The standard InChI is InChI=1S/C21H17NO4S/c23-19(14-6-3-9-27-14)18-15-13-10-25-21(26-13)20(24)16(15)17-12-5-2-1-4-11(12)7-8-22(17)18/h1-9,13,15-18,21H,10H2/t13-,15+,16+,17-,18+,21+/m0/s1. The number of Topliss-reactive ketones (excluding diaryl/α,β-unsaturated/α-hetero) is 2. The van der Waals surface area contributed by atoms with Crippen LogP contribution in [0.4, 0.5) is 0 Å². The molecule has 2 aromatic rings. The Balaban J connectivity index is 1.53. The summed E-state index contributed by atoms with van der Waals surface area (Å²) in [5.41, 5.74) is 2.21. The third-order valence-electron chi connectivity index (χ3n) is 6.24. The molecule has 0 amide bonds. The molecule has 4 aliphatic heterocycles. The minimum Gasteiger partial charge on any atom is -0.359 e. The monoisotopic (exact) mass is 379 g/mol. The van der Waals surface area contributed by atoms with Crippen LogP contribution in [-0.2, 0) is 14.3 Å². The van der Waals surface area contributed by atoms with Gasteiger partial charge in [0.1, 0.15) is 0 Å². The Bertz CT molecular complexity index is 968. The molecule has 3 saturated heterocycles. The van der Waals surface area contributed by atoms with E-state index in [1.165, 1.54) is 11.3 Å². The minimum absolute atomic E-state index is 0.0321. The van der Waals surface area contributed by atoms with Gasteiger partial charge in [-0.2, -0.15) is 0 Å². The summed E-state index contributed by atoms with van der Waals surface area (Å²) in [7, 11) is 0. The van der Waals surface area contributed by atoms with E-state index in [0.29, 0.717) is 6.61 Å². The van der Waals surface area contributed by atoms with Crippen molar-refractivity contribution >= 4 is 29.0 Å². The van der Waals surface area contributed by atoms with Crippen LogP contribution < -0.4 is 0 Å². The van der Waals surface area contributed by atoms with Crippen molar-refractivity contribution in [2.75, 3.05) is 6.61 Å². The molecule has 1 aromatic heterocycles. The summed E-state index contributed by atoms with van der Waals surface area (Å²) in [4.78, 5) is 29.4. The molecule has 6 atom stereocenters. The van der Waals surface area contributed by atoms with Crippen LogP contribution in [0.25, 0.3) is 6.08 Å². The molecule has 2 bridgehead atoms. The zero-order valence-corrected chi connectivity index (χ0v) is 15.2. The predicted octanol–water partition coefficient (Wildman–Crippen LogP) is 2.90. The molecule has 0 N–H and O–H groups in total. The lowest BCUT2D eigenvalue weighted by Gasteiger charge is -2.34. The van der Waals surface area contributed by atoms with Gasteiger partial charge in [0.15, 0.2) is 11.6 Å². The van der Waals surface area contributed by atoms with Crippen LogP contribution in [0, 0.1) is 11.8 Å². The van der Waals surface area contributed by atoms with E-state index in [0.717, 1.165) is 16.0 Å². The molecule has 3 fully saturated rings. The van der Waals surface area contributed by atoms with Crippen LogP contribution in [0.5, 0.6) is 0 Å². The summed E-state index contributed by atoms with van der Waals surface area (Å²) in [6.07, 6.45) is 3.02. The van der Waals surface area contributed by atoms with Gasteiger partial charge in [0.2, 0.25) is 6.29 Å². The van der Waals surface area contributed by atoms with Crippen LogP contribution in [-0.4, -0.2) is 41.5 Å². The molecule has 5 nitrogen and oxygen atoms in total. The maximum atomic E-state index is 13.4. The van der Waals surface area contributed by atoms with E-state index < -0.39 is 12.3 Å². The smallest absolute Gasteiger partial charge is 0.218 e. The molecule has 0 radical (unpaired) electrons. The first-order valence-corrected chi connectivity index (χ1v) is 10.0. The summed E-state index contributed by atoms with van der Waals surface area (Å²) in [5, 5.41) is 1.91. The molecule has 0 unspecified atom stereocenters. The first-order chi connectivity index (χ1) is 13.2. The lowest BCUT2D eigenvalue weighted by Crippen LogP contribution is -2.47. The van der Waals surface area contributed by atoms with Crippen LogP contribution in [0.1, 0.15) is 26.8 Å². The molecule has 0 saturated carbocycles. The Morgan fingerprint density at radius 2 is 2.07 bits per heavy atom. The molecular formula is C21H17NO4S. The number of ketones is 2. The summed E-state index contributed by atoms with van der Waals surface area (Å²) < 4.78 is 11.4. The van der Waals surface area contributed by atoms with Crippen molar-refractivity contribution in [3.63, 3.8) is 0 Å². The predicted molar refractivity (Wildman–Crippen MR) is 99.1 cm³/mol. The Kier molecular flexibility index (Phi) is 3.27. The number of ether oxygens (including phenoxy) is 2. The highest BCUT2D eigenvalue weighted by Gasteiger charge is 2.63. The van der Waals surface area contributed by atoms with Gasteiger partial charge in [-0.15, -0.1) is 11.3 Å². The van der Waals surface area contributed by atoms with Crippen molar-refractivity contribution in [2.45, 2.75) is 24.5 Å². The topological polar surface area (TPSA) is 55.8 Å². The second kappa shape index (κ2) is 5.61. The lowest BCUT2D eigenvalue weighted by molar-refractivity contribution is -0.164. The van der Waals surface area contributed by atoms with Gasteiger partial charge in [0.05, 0.1) is 35.6 Å². The van der Waals surface area contributed by atoms with E-state index in [-0.39, 0.29) is 35.5 Å². The first-order valence-electron chi connectivity index (χ1n) is 9.17. The number of nitrogens with zero attached hydrogens (tertiary/aromatic N) is 1. The quantitative estimate of drug-likeness (QED) is 0.751. The minimum atomic E-state index is -0.785. The van der Waals surface area contributed by atoms with Gasteiger partial charge in [-0.3, -0.25) is 9.59 Å². The Labute approximate surface area is 160 Å². The fraction of sp³-hybridized carbons (Fsp3) is 0.333. The summed E-state index contributed by atoms with van der Waals surface area (Å²) >= 11 is 1.44. The zero-order valence-electron chi connectivity index (χ0n) is 14.4. The van der Waals surface area contributed by atoms with Crippen LogP contribution in [0.2, 0.25) is 0 Å². The van der Waals surface area contributed by atoms with Crippen molar-refractivity contribution in [1.82, 2.24) is 4.90 Å². The summed E-state index contributed by atoms with van der Waals surface area (Å²) in [6.45, 7) is 0.373. The number of hydrogen-bond acceptors (Lipinski definition) is 6. The van der Waals surface area contributed by atoms with Gasteiger partial charge in [-0.05, 0) is 28.6 Å². The third kappa shape index (κ3) is 2.06. The number of benzene rings is 1. The normalized spacial score (nSPS) is 35.7. The molecule has 136 valence electrons. The first kappa shape index (κ1) is 15.7. The van der Waals surface area contributed by atoms with Crippen molar-refractivity contribution in [1.29, 1.82) is 0 Å². The van der Waals surface area contributed by atoms with Gasteiger partial charge in [0, 0.05) is 12.1 Å². The molecule has 6 heteroatoms. The third-order valence-corrected chi connectivity index (χ3v) is 7.12. The van der Waals surface area contributed by atoms with E-state index >= 15 is 0 Å². The number of carbonyl (C=O) groups excluding carboxylic acids is 2. The van der Waals surface area contributed by atoms with E-state index in [9.17, 15) is 9.59 Å². The summed E-state index contributed by atoms with van der Waals surface area (Å²) in [6, 6.07) is 11.3. The molecular weight excluding hydrogens is 362 g/mol. The number of fused-ring (bicyclic) bond motifs is 8. The number of hydrogen-bond donors (Lipinski definition) is 0. The van der Waals surface area contributed by atoms with Crippen LogP contribution in [0.3, 0.4) is 0 Å².